The highest BCUT2D eigenvalue weighted by molar-refractivity contribution is 14.0. The second kappa shape index (κ2) is 10.4. The molecule has 1 unspecified atom stereocenters. The van der Waals surface area contributed by atoms with Gasteiger partial charge in [0.25, 0.3) is 0 Å². The van der Waals surface area contributed by atoms with Crippen LogP contribution in [0.2, 0.25) is 0 Å². The molecule has 26 heavy (non-hydrogen) atoms. The number of hydrogen-bond donors (Lipinski definition) is 2. The average Bonchev–Trinajstić information content (AvgIpc) is 2.58. The van der Waals surface area contributed by atoms with Crippen molar-refractivity contribution in [1.82, 2.24) is 20.4 Å². The van der Waals surface area contributed by atoms with Crippen molar-refractivity contribution in [3.63, 3.8) is 0 Å². The molecule has 0 saturated carbocycles. The van der Waals surface area contributed by atoms with Gasteiger partial charge in [-0.3, -0.25) is 9.89 Å². The van der Waals surface area contributed by atoms with E-state index in [1.165, 1.54) is 6.07 Å². The Bertz CT molecular complexity index is 593. The van der Waals surface area contributed by atoms with Crippen molar-refractivity contribution in [2.75, 3.05) is 53.9 Å². The normalized spacial score (nSPS) is 19.8. The number of nitrogens with zero attached hydrogens (tertiary/aromatic N) is 3. The lowest BCUT2D eigenvalue weighted by Gasteiger charge is -2.38. The predicted molar refractivity (Wildman–Crippen MR) is 118 cm³/mol. The molecule has 1 fully saturated rings. The van der Waals surface area contributed by atoms with E-state index in [4.69, 9.17) is 0 Å². The molecule has 1 aromatic carbocycles. The number of aliphatic imine (C=N–C) groups is 1. The van der Waals surface area contributed by atoms with Crippen LogP contribution in [0, 0.1) is 5.82 Å². The van der Waals surface area contributed by atoms with Crippen molar-refractivity contribution in [1.29, 1.82) is 0 Å². The molecule has 7 heteroatoms. The summed E-state index contributed by atoms with van der Waals surface area (Å²) < 4.78 is 13.5. The molecule has 1 saturated heterocycles. The fraction of sp³-hybridized carbons (Fsp3) is 0.632. The monoisotopic (exact) mass is 477 g/mol. The second-order valence-electron chi connectivity index (χ2n) is 7.60. The summed E-state index contributed by atoms with van der Waals surface area (Å²) in [4.78, 5) is 9.06. The number of likely N-dealkylation sites (N-methyl/N-ethyl adjacent to an activating group) is 2. The third-order valence-electron chi connectivity index (χ3n) is 5.01. The first-order valence-corrected chi connectivity index (χ1v) is 8.91. The number of nitrogens with one attached hydrogen (secondary N) is 2. The summed E-state index contributed by atoms with van der Waals surface area (Å²) >= 11 is 0. The van der Waals surface area contributed by atoms with Gasteiger partial charge in [0, 0.05) is 51.2 Å². The van der Waals surface area contributed by atoms with Gasteiger partial charge in [-0.1, -0.05) is 26.0 Å². The Labute approximate surface area is 174 Å². The van der Waals surface area contributed by atoms with E-state index >= 15 is 0 Å². The quantitative estimate of drug-likeness (QED) is 0.388. The van der Waals surface area contributed by atoms with Crippen molar-refractivity contribution in [2.45, 2.75) is 25.3 Å². The van der Waals surface area contributed by atoms with Gasteiger partial charge in [0.05, 0.1) is 0 Å². The lowest BCUT2D eigenvalue weighted by Crippen LogP contribution is -2.55. The van der Waals surface area contributed by atoms with Crippen molar-refractivity contribution in [3.8, 4) is 0 Å². The molecule has 2 N–H and O–H groups in total. The van der Waals surface area contributed by atoms with Gasteiger partial charge >= 0.3 is 0 Å². The standard InChI is InChI=1S/C19H32FN5.HI/c1-19(2,15-7-6-8-16(20)11-15)14-23-18(21-3)22-12-17-13-24(4)9-10-25(17)5;/h6-8,11,17H,9-10,12-14H2,1-5H3,(H2,21,22,23);1H. The highest BCUT2D eigenvalue weighted by atomic mass is 127. The smallest absolute Gasteiger partial charge is 0.191 e. The van der Waals surface area contributed by atoms with Crippen molar-refractivity contribution in [2.24, 2.45) is 4.99 Å². The molecular weight excluding hydrogens is 444 g/mol. The molecule has 2 rings (SSSR count). The first kappa shape index (κ1) is 23.1. The Morgan fingerprint density at radius 2 is 2.00 bits per heavy atom. The lowest BCUT2D eigenvalue weighted by molar-refractivity contribution is 0.116. The van der Waals surface area contributed by atoms with Crippen molar-refractivity contribution >= 4 is 29.9 Å². The number of guanidine groups is 1. The zero-order chi connectivity index (χ0) is 18.4. The molecule has 1 atom stereocenters. The van der Waals surface area contributed by atoms with Crippen LogP contribution >= 0.6 is 24.0 Å². The van der Waals surface area contributed by atoms with Gasteiger partial charge in [-0.2, -0.15) is 0 Å². The van der Waals surface area contributed by atoms with Gasteiger partial charge < -0.3 is 15.5 Å². The zero-order valence-corrected chi connectivity index (χ0v) is 18.9. The van der Waals surface area contributed by atoms with Gasteiger partial charge in [-0.25, -0.2) is 4.39 Å². The van der Waals surface area contributed by atoms with Crippen LogP contribution in [0.5, 0.6) is 0 Å². The lowest BCUT2D eigenvalue weighted by atomic mass is 9.84. The molecule has 1 aliphatic heterocycles. The average molecular weight is 477 g/mol. The van der Waals surface area contributed by atoms with Crippen molar-refractivity contribution in [3.05, 3.63) is 35.6 Å². The van der Waals surface area contributed by atoms with Crippen LogP contribution in [-0.2, 0) is 5.41 Å². The molecule has 5 nitrogen and oxygen atoms in total. The summed E-state index contributed by atoms with van der Waals surface area (Å²) in [5, 5.41) is 6.80. The number of halogens is 2. The zero-order valence-electron chi connectivity index (χ0n) is 16.6. The van der Waals surface area contributed by atoms with E-state index in [1.54, 1.807) is 19.2 Å². The molecule has 0 spiro atoms. The van der Waals surface area contributed by atoms with E-state index in [0.717, 1.165) is 37.7 Å². The van der Waals surface area contributed by atoms with Gasteiger partial charge in [0.1, 0.15) is 5.82 Å². The van der Waals surface area contributed by atoms with Crippen LogP contribution in [0.3, 0.4) is 0 Å². The molecule has 0 amide bonds. The highest BCUT2D eigenvalue weighted by Gasteiger charge is 2.24. The van der Waals surface area contributed by atoms with Crippen LogP contribution < -0.4 is 10.6 Å². The number of rotatable bonds is 5. The number of hydrogen-bond acceptors (Lipinski definition) is 3. The van der Waals surface area contributed by atoms with Gasteiger partial charge in [-0.05, 0) is 31.8 Å². The third kappa shape index (κ3) is 6.66. The van der Waals surface area contributed by atoms with Crippen LogP contribution in [0.4, 0.5) is 4.39 Å². The number of benzene rings is 1. The Balaban J connectivity index is 0.00000338. The second-order valence-corrected chi connectivity index (χ2v) is 7.60. The van der Waals surface area contributed by atoms with E-state index in [2.05, 4.69) is 53.4 Å². The molecule has 1 aromatic rings. The Kier molecular flexibility index (Phi) is 9.26. The number of piperazine rings is 1. The summed E-state index contributed by atoms with van der Waals surface area (Å²) in [6, 6.07) is 7.27. The van der Waals surface area contributed by atoms with E-state index in [9.17, 15) is 4.39 Å². The maximum Gasteiger partial charge on any atom is 0.191 e. The van der Waals surface area contributed by atoms with E-state index in [0.29, 0.717) is 12.6 Å². The molecule has 0 aliphatic carbocycles. The Hall–Kier alpha value is -0.930. The highest BCUT2D eigenvalue weighted by Crippen LogP contribution is 2.22. The van der Waals surface area contributed by atoms with E-state index in [-0.39, 0.29) is 35.2 Å². The SMILES string of the molecule is CN=C(NCC1CN(C)CCN1C)NCC(C)(C)c1cccc(F)c1.I. The Morgan fingerprint density at radius 1 is 1.27 bits per heavy atom. The fourth-order valence-corrected chi connectivity index (χ4v) is 3.07. The summed E-state index contributed by atoms with van der Waals surface area (Å²) in [6.07, 6.45) is 0. The predicted octanol–water partition coefficient (Wildman–Crippen LogP) is 2.13. The molecule has 1 heterocycles. The largest absolute Gasteiger partial charge is 0.356 e. The van der Waals surface area contributed by atoms with Crippen LogP contribution in [0.1, 0.15) is 19.4 Å². The van der Waals surface area contributed by atoms with Crippen LogP contribution in [0.25, 0.3) is 0 Å². The minimum absolute atomic E-state index is 0. The summed E-state index contributed by atoms with van der Waals surface area (Å²) in [5.74, 6) is 0.587. The molecule has 0 radical (unpaired) electrons. The summed E-state index contributed by atoms with van der Waals surface area (Å²) in [7, 11) is 6.11. The van der Waals surface area contributed by atoms with Gasteiger partial charge in [0.2, 0.25) is 0 Å². The van der Waals surface area contributed by atoms with Crippen LogP contribution in [-0.4, -0.2) is 75.7 Å². The molecular formula is C19H33FIN5. The summed E-state index contributed by atoms with van der Waals surface area (Å²) in [5.41, 5.74) is 0.783. The van der Waals surface area contributed by atoms with Crippen LogP contribution in [0.15, 0.2) is 29.3 Å². The van der Waals surface area contributed by atoms with E-state index in [1.807, 2.05) is 6.07 Å². The minimum Gasteiger partial charge on any atom is -0.356 e. The molecule has 0 aromatic heterocycles. The first-order valence-electron chi connectivity index (χ1n) is 8.91. The fourth-order valence-electron chi connectivity index (χ4n) is 3.07. The maximum atomic E-state index is 13.5. The first-order chi connectivity index (χ1) is 11.8. The molecule has 0 bridgehead atoms. The minimum atomic E-state index is -0.197. The Morgan fingerprint density at radius 3 is 2.65 bits per heavy atom. The van der Waals surface area contributed by atoms with E-state index < -0.39 is 0 Å². The topological polar surface area (TPSA) is 42.9 Å². The maximum absolute atomic E-state index is 13.5. The molecule has 148 valence electrons. The summed E-state index contributed by atoms with van der Waals surface area (Å²) in [6.45, 7) is 8.98. The van der Waals surface area contributed by atoms with Gasteiger partial charge in [0.15, 0.2) is 5.96 Å². The third-order valence-corrected chi connectivity index (χ3v) is 5.01. The molecule has 1 aliphatic rings. The van der Waals surface area contributed by atoms with Gasteiger partial charge in [-0.15, -0.1) is 24.0 Å². The van der Waals surface area contributed by atoms with Crippen molar-refractivity contribution < 1.29 is 4.39 Å².